The van der Waals surface area contributed by atoms with Gasteiger partial charge in [0.15, 0.2) is 0 Å². The average molecular weight is 366 g/mol. The van der Waals surface area contributed by atoms with Crippen molar-refractivity contribution in [3.05, 3.63) is 64.8 Å². The van der Waals surface area contributed by atoms with Crippen LogP contribution in [-0.4, -0.2) is 22.8 Å². The van der Waals surface area contributed by atoms with E-state index in [4.69, 9.17) is 4.74 Å². The Bertz CT molecular complexity index is 942. The van der Waals surface area contributed by atoms with Gasteiger partial charge in [-0.15, -0.1) is 0 Å². The van der Waals surface area contributed by atoms with Crippen LogP contribution in [0.3, 0.4) is 0 Å². The van der Waals surface area contributed by atoms with Crippen LogP contribution in [0.4, 0.5) is 0 Å². The number of rotatable bonds is 8. The molecule has 0 aliphatic carbocycles. The highest BCUT2D eigenvalue weighted by molar-refractivity contribution is 5.98. The summed E-state index contributed by atoms with van der Waals surface area (Å²) in [4.78, 5) is 11.9. The summed E-state index contributed by atoms with van der Waals surface area (Å²) in [5, 5.41) is 14.1. The van der Waals surface area contributed by atoms with Gasteiger partial charge in [0, 0.05) is 36.7 Å². The number of nitrogens with one attached hydrogen (secondary N) is 1. The molecule has 3 aromatic rings. The summed E-state index contributed by atoms with van der Waals surface area (Å²) in [5.41, 5.74) is 4.54. The summed E-state index contributed by atoms with van der Waals surface area (Å²) in [5.74, 6) is -0.182. The zero-order valence-corrected chi connectivity index (χ0v) is 16.1. The number of methoxy groups -OCH3 is 1. The van der Waals surface area contributed by atoms with Crippen molar-refractivity contribution in [3.63, 3.8) is 0 Å². The molecule has 5 heteroatoms. The predicted molar refractivity (Wildman–Crippen MR) is 107 cm³/mol. The van der Waals surface area contributed by atoms with Gasteiger partial charge in [-0.2, -0.15) is 0 Å². The molecule has 0 saturated heterocycles. The minimum absolute atomic E-state index is 0.342. The number of benzene rings is 2. The lowest BCUT2D eigenvalue weighted by Crippen LogP contribution is -2.16. The molecule has 3 rings (SSSR count). The first kappa shape index (κ1) is 19.0. The van der Waals surface area contributed by atoms with Crippen LogP contribution < -0.4 is 10.1 Å². The maximum absolute atomic E-state index is 11.9. The average Bonchev–Trinajstić information content (AvgIpc) is 3.01. The van der Waals surface area contributed by atoms with E-state index in [1.165, 1.54) is 11.1 Å². The van der Waals surface area contributed by atoms with E-state index in [-0.39, 0.29) is 0 Å². The molecule has 0 atom stereocenters. The molecule has 1 aromatic heterocycles. The molecule has 0 unspecified atom stereocenters. The molecule has 2 aromatic carbocycles. The maximum atomic E-state index is 11.9. The molecule has 0 aliphatic heterocycles. The van der Waals surface area contributed by atoms with Gasteiger partial charge in [-0.25, -0.2) is 4.79 Å². The number of nitrogens with zero attached hydrogens (tertiary/aromatic N) is 1. The van der Waals surface area contributed by atoms with Crippen LogP contribution in [0.25, 0.3) is 10.9 Å². The molecular formula is C22H26N2O3. The molecule has 1 heterocycles. The Balaban J connectivity index is 1.89. The van der Waals surface area contributed by atoms with Crippen molar-refractivity contribution in [2.45, 2.75) is 39.9 Å². The van der Waals surface area contributed by atoms with Gasteiger partial charge in [-0.3, -0.25) is 0 Å². The Morgan fingerprint density at radius 1 is 1.07 bits per heavy atom. The summed E-state index contributed by atoms with van der Waals surface area (Å²) < 4.78 is 7.15. The van der Waals surface area contributed by atoms with Crippen molar-refractivity contribution in [1.29, 1.82) is 0 Å². The molecule has 142 valence electrons. The van der Waals surface area contributed by atoms with Gasteiger partial charge < -0.3 is 19.7 Å². The summed E-state index contributed by atoms with van der Waals surface area (Å²) in [6, 6.07) is 14.2. The van der Waals surface area contributed by atoms with Gasteiger partial charge in [-0.1, -0.05) is 31.2 Å². The first-order chi connectivity index (χ1) is 13.1. The van der Waals surface area contributed by atoms with Crippen molar-refractivity contribution in [3.8, 4) is 5.75 Å². The number of carbonyl (C=O) groups is 1. The summed E-state index contributed by atoms with van der Waals surface area (Å²) in [6.45, 7) is 5.87. The summed E-state index contributed by atoms with van der Waals surface area (Å²) >= 11 is 0. The van der Waals surface area contributed by atoms with Gasteiger partial charge in [0.25, 0.3) is 0 Å². The number of hydrogen-bond donors (Lipinski definition) is 2. The number of hydrogen-bond acceptors (Lipinski definition) is 3. The smallest absolute Gasteiger partial charge is 0.352 e. The molecular weight excluding hydrogens is 340 g/mol. The van der Waals surface area contributed by atoms with Crippen molar-refractivity contribution in [2.24, 2.45) is 0 Å². The molecule has 2 N–H and O–H groups in total. The second-order valence-electron chi connectivity index (χ2n) is 6.53. The summed E-state index contributed by atoms with van der Waals surface area (Å²) in [6.07, 6.45) is 1.02. The molecule has 0 aliphatic rings. The topological polar surface area (TPSA) is 63.5 Å². The van der Waals surface area contributed by atoms with E-state index >= 15 is 0 Å². The largest absolute Gasteiger partial charge is 0.497 e. The highest BCUT2D eigenvalue weighted by Crippen LogP contribution is 2.30. The molecule has 0 spiro atoms. The van der Waals surface area contributed by atoms with E-state index in [2.05, 4.69) is 36.5 Å². The highest BCUT2D eigenvalue weighted by Gasteiger charge is 2.21. The minimum Gasteiger partial charge on any atom is -0.497 e. The van der Waals surface area contributed by atoms with Crippen molar-refractivity contribution >= 4 is 16.9 Å². The molecule has 0 radical (unpaired) electrons. The van der Waals surface area contributed by atoms with Gasteiger partial charge in [0.05, 0.1) is 12.6 Å². The second kappa shape index (κ2) is 8.27. The Morgan fingerprint density at radius 2 is 1.78 bits per heavy atom. The number of aryl methyl sites for hydroxylation is 2. The van der Waals surface area contributed by atoms with Gasteiger partial charge in [-0.05, 0) is 36.6 Å². The fourth-order valence-corrected chi connectivity index (χ4v) is 3.50. The SMILES string of the molecule is CCc1ccc(CNCc2c(C(=O)O)n(CC)c3cc(OC)ccc23)cc1. The third-order valence-corrected chi connectivity index (χ3v) is 4.96. The van der Waals surface area contributed by atoms with E-state index < -0.39 is 5.97 Å². The Morgan fingerprint density at radius 3 is 2.37 bits per heavy atom. The lowest BCUT2D eigenvalue weighted by atomic mass is 10.1. The molecule has 27 heavy (non-hydrogen) atoms. The van der Waals surface area contributed by atoms with Gasteiger partial charge in [0.1, 0.15) is 11.4 Å². The highest BCUT2D eigenvalue weighted by atomic mass is 16.5. The quantitative estimate of drug-likeness (QED) is 0.626. The zero-order valence-electron chi connectivity index (χ0n) is 16.1. The normalized spacial score (nSPS) is 11.1. The van der Waals surface area contributed by atoms with Crippen LogP contribution in [-0.2, 0) is 26.1 Å². The fraction of sp³-hybridized carbons (Fsp3) is 0.318. The lowest BCUT2D eigenvalue weighted by Gasteiger charge is -2.08. The first-order valence-electron chi connectivity index (χ1n) is 9.29. The van der Waals surface area contributed by atoms with Gasteiger partial charge >= 0.3 is 5.97 Å². The number of aromatic carboxylic acids is 1. The number of carboxylic acid groups (broad SMARTS) is 1. The van der Waals surface area contributed by atoms with Crippen molar-refractivity contribution < 1.29 is 14.6 Å². The van der Waals surface area contributed by atoms with E-state index in [9.17, 15) is 9.90 Å². The third-order valence-electron chi connectivity index (χ3n) is 4.96. The van der Waals surface area contributed by atoms with Crippen molar-refractivity contribution in [1.82, 2.24) is 9.88 Å². The standard InChI is InChI=1S/C22H26N2O3/c1-4-15-6-8-16(9-7-15)13-23-14-19-18-11-10-17(27-3)12-20(18)24(5-2)21(19)22(25)26/h6-12,23H,4-5,13-14H2,1-3H3,(H,25,26). The Hall–Kier alpha value is -2.79. The van der Waals surface area contributed by atoms with Crippen LogP contribution in [0.15, 0.2) is 42.5 Å². The predicted octanol–water partition coefficient (Wildman–Crippen LogP) is 4.22. The number of carboxylic acids is 1. The summed E-state index contributed by atoms with van der Waals surface area (Å²) in [7, 11) is 1.62. The lowest BCUT2D eigenvalue weighted by molar-refractivity contribution is 0.0684. The van der Waals surface area contributed by atoms with Crippen molar-refractivity contribution in [2.75, 3.05) is 7.11 Å². The van der Waals surface area contributed by atoms with Crippen LogP contribution in [0.2, 0.25) is 0 Å². The molecule has 0 bridgehead atoms. The van der Waals surface area contributed by atoms with Crippen LogP contribution >= 0.6 is 0 Å². The second-order valence-corrected chi connectivity index (χ2v) is 6.53. The van der Waals surface area contributed by atoms with Gasteiger partial charge in [0.2, 0.25) is 0 Å². The number of aromatic nitrogens is 1. The molecule has 5 nitrogen and oxygen atoms in total. The third kappa shape index (κ3) is 3.83. The first-order valence-corrected chi connectivity index (χ1v) is 9.29. The van der Waals surface area contributed by atoms with E-state index in [0.29, 0.717) is 25.3 Å². The molecule has 0 saturated carbocycles. The maximum Gasteiger partial charge on any atom is 0.352 e. The van der Waals surface area contributed by atoms with Crippen LogP contribution in [0.1, 0.15) is 41.0 Å². The number of ether oxygens (including phenoxy) is 1. The molecule has 0 fully saturated rings. The fourth-order valence-electron chi connectivity index (χ4n) is 3.50. The molecule has 0 amide bonds. The minimum atomic E-state index is -0.906. The van der Waals surface area contributed by atoms with E-state index in [1.54, 1.807) is 7.11 Å². The number of fused-ring (bicyclic) bond motifs is 1. The van der Waals surface area contributed by atoms with E-state index in [0.717, 1.165) is 28.6 Å². The Kier molecular flexibility index (Phi) is 5.81. The van der Waals surface area contributed by atoms with Crippen LogP contribution in [0, 0.1) is 0 Å². The monoisotopic (exact) mass is 366 g/mol. The van der Waals surface area contributed by atoms with E-state index in [1.807, 2.05) is 29.7 Å². The Labute approximate surface area is 159 Å². The van der Waals surface area contributed by atoms with Crippen LogP contribution in [0.5, 0.6) is 5.75 Å². The zero-order chi connectivity index (χ0) is 19.4.